The van der Waals surface area contributed by atoms with Crippen molar-refractivity contribution in [1.82, 2.24) is 10.6 Å². The van der Waals surface area contributed by atoms with Crippen LogP contribution >= 0.6 is 0 Å². The van der Waals surface area contributed by atoms with Gasteiger partial charge in [-0.15, -0.1) is 0 Å². The lowest BCUT2D eigenvalue weighted by molar-refractivity contribution is -0.163. The number of nitrogens with one attached hydrogen (secondary N) is 2. The zero-order valence-corrected chi connectivity index (χ0v) is 29.8. The Kier molecular flexibility index (Phi) is 15.8. The zero-order chi connectivity index (χ0) is 33.6. The lowest BCUT2D eigenvalue weighted by Crippen LogP contribution is -2.43. The molecule has 256 valence electrons. The molecule has 4 rings (SSSR count). The van der Waals surface area contributed by atoms with Crippen LogP contribution in [0.15, 0.2) is 36.4 Å². The highest BCUT2D eigenvalue weighted by Crippen LogP contribution is 2.47. The van der Waals surface area contributed by atoms with Crippen molar-refractivity contribution in [3.05, 3.63) is 42.0 Å². The summed E-state index contributed by atoms with van der Waals surface area (Å²) in [6.45, 7) is 18.4. The van der Waals surface area contributed by atoms with Crippen LogP contribution in [0.5, 0.6) is 0 Å². The second-order valence-corrected chi connectivity index (χ2v) is 14.9. The molecule has 3 aliphatic carbocycles. The second-order valence-electron chi connectivity index (χ2n) is 14.9. The van der Waals surface area contributed by atoms with Gasteiger partial charge in [-0.3, -0.25) is 9.59 Å². The smallest absolute Gasteiger partial charge is 0.313 e. The number of nitrogens with two attached hydrogens (primary N) is 1. The van der Waals surface area contributed by atoms with Crippen molar-refractivity contribution < 1.29 is 19.1 Å². The van der Waals surface area contributed by atoms with E-state index in [-0.39, 0.29) is 34.0 Å². The van der Waals surface area contributed by atoms with E-state index in [1.807, 2.05) is 47.6 Å². The van der Waals surface area contributed by atoms with Gasteiger partial charge < -0.3 is 25.8 Å². The Bertz CT molecular complexity index is 1030. The quantitative estimate of drug-likeness (QED) is 0.194. The molecule has 0 unspecified atom stereocenters. The van der Waals surface area contributed by atoms with Crippen LogP contribution in [0.1, 0.15) is 132 Å². The van der Waals surface area contributed by atoms with E-state index in [0.717, 1.165) is 51.6 Å². The van der Waals surface area contributed by atoms with Gasteiger partial charge in [0.1, 0.15) is 11.2 Å². The summed E-state index contributed by atoms with van der Waals surface area (Å²) >= 11 is 0. The Morgan fingerprint density at radius 1 is 0.844 bits per heavy atom. The molecule has 0 amide bonds. The van der Waals surface area contributed by atoms with Gasteiger partial charge in [0.15, 0.2) is 0 Å². The van der Waals surface area contributed by atoms with Crippen LogP contribution in [0.25, 0.3) is 6.08 Å². The average molecular weight is 628 g/mol. The standard InChI is InChI=1S/C18H34N2O2.C10H19NO2.C10H12/c1-5-12-19-14-6-8-15(9-7-14)20-13-18(10-11-18)16(21)22-17(2,3)4;1-4-9(2,3)13-8(12)10(7-11)5-6-10;1-2-3-7-10-8-5-4-6-9-10/h14-15,19-20H,5-13H2,1-4H3;4-7,11H2,1-3H3;3-9H,2H2,1H3/b;;7-3-. The molecule has 0 atom stereocenters. The van der Waals surface area contributed by atoms with Crippen LogP contribution in [-0.4, -0.2) is 54.9 Å². The fourth-order valence-corrected chi connectivity index (χ4v) is 5.07. The van der Waals surface area contributed by atoms with Crippen LogP contribution in [-0.2, 0) is 19.1 Å². The molecule has 4 N–H and O–H groups in total. The molecule has 0 bridgehead atoms. The SMILES string of the molecule is CC/C=C\c1ccccc1.CCC(C)(C)OC(=O)C1(CN)CC1.CCCNC1CCC(NCC2(C(=O)OC(C)(C)C)CC2)CC1. The number of hydrogen-bond acceptors (Lipinski definition) is 7. The van der Waals surface area contributed by atoms with Crippen LogP contribution in [0.3, 0.4) is 0 Å². The average Bonchev–Trinajstić information content (AvgIpc) is 3.94. The summed E-state index contributed by atoms with van der Waals surface area (Å²) < 4.78 is 11.0. The number of benzene rings is 1. The van der Waals surface area contributed by atoms with E-state index in [9.17, 15) is 9.59 Å². The minimum Gasteiger partial charge on any atom is -0.460 e. The number of allylic oxidation sites excluding steroid dienone is 1. The molecule has 3 fully saturated rings. The minimum absolute atomic E-state index is 0.00852. The monoisotopic (exact) mass is 627 g/mol. The van der Waals surface area contributed by atoms with E-state index in [2.05, 4.69) is 60.9 Å². The third-order valence-corrected chi connectivity index (χ3v) is 9.07. The fourth-order valence-electron chi connectivity index (χ4n) is 5.07. The summed E-state index contributed by atoms with van der Waals surface area (Å²) in [5.74, 6) is -0.118. The van der Waals surface area contributed by atoms with Crippen molar-refractivity contribution in [2.24, 2.45) is 16.6 Å². The Morgan fingerprint density at radius 2 is 1.38 bits per heavy atom. The highest BCUT2D eigenvalue weighted by atomic mass is 16.6. The maximum absolute atomic E-state index is 12.3. The van der Waals surface area contributed by atoms with Crippen molar-refractivity contribution in [3.63, 3.8) is 0 Å². The molecule has 0 heterocycles. The first-order valence-electron chi connectivity index (χ1n) is 17.6. The Hall–Kier alpha value is -2.22. The molecular formula is C38H65N3O4. The summed E-state index contributed by atoms with van der Waals surface area (Å²) in [7, 11) is 0. The summed E-state index contributed by atoms with van der Waals surface area (Å²) in [6.07, 6.45) is 16.1. The molecule has 3 saturated carbocycles. The largest absolute Gasteiger partial charge is 0.460 e. The normalized spacial score (nSPS) is 21.4. The first-order chi connectivity index (χ1) is 21.2. The van der Waals surface area contributed by atoms with E-state index in [0.29, 0.717) is 18.6 Å². The van der Waals surface area contributed by atoms with Gasteiger partial charge in [-0.2, -0.15) is 0 Å². The van der Waals surface area contributed by atoms with Gasteiger partial charge in [-0.1, -0.05) is 63.3 Å². The van der Waals surface area contributed by atoms with E-state index >= 15 is 0 Å². The molecule has 7 heteroatoms. The van der Waals surface area contributed by atoms with E-state index < -0.39 is 0 Å². The lowest BCUT2D eigenvalue weighted by Gasteiger charge is -2.31. The van der Waals surface area contributed by atoms with Gasteiger partial charge in [-0.25, -0.2) is 0 Å². The third kappa shape index (κ3) is 14.4. The third-order valence-electron chi connectivity index (χ3n) is 9.07. The van der Waals surface area contributed by atoms with Crippen LogP contribution in [0.4, 0.5) is 0 Å². The topological polar surface area (TPSA) is 103 Å². The molecule has 0 radical (unpaired) electrons. The summed E-state index contributed by atoms with van der Waals surface area (Å²) in [5.41, 5.74) is 5.53. The maximum atomic E-state index is 12.3. The maximum Gasteiger partial charge on any atom is 0.313 e. The Labute approximate surface area is 274 Å². The molecule has 1 aromatic carbocycles. The molecule has 45 heavy (non-hydrogen) atoms. The fraction of sp³-hybridized carbons (Fsp3) is 0.737. The number of carbonyl (C=O) groups is 2. The Balaban J connectivity index is 0.000000259. The molecule has 7 nitrogen and oxygen atoms in total. The molecule has 0 spiro atoms. The summed E-state index contributed by atoms with van der Waals surface area (Å²) in [6, 6.07) is 11.6. The van der Waals surface area contributed by atoms with Gasteiger partial charge in [0.2, 0.25) is 0 Å². The molecule has 1 aromatic rings. The van der Waals surface area contributed by atoms with Gasteiger partial charge in [0.05, 0.1) is 10.8 Å². The number of hydrogen-bond donors (Lipinski definition) is 3. The number of carbonyl (C=O) groups excluding carboxylic acids is 2. The van der Waals surface area contributed by atoms with Gasteiger partial charge >= 0.3 is 11.9 Å². The highest BCUT2D eigenvalue weighted by Gasteiger charge is 2.52. The van der Waals surface area contributed by atoms with Gasteiger partial charge in [0.25, 0.3) is 0 Å². The molecular weight excluding hydrogens is 562 g/mol. The molecule has 0 aliphatic heterocycles. The summed E-state index contributed by atoms with van der Waals surface area (Å²) in [5, 5.41) is 7.26. The predicted octanol–water partition coefficient (Wildman–Crippen LogP) is 7.58. The number of ether oxygens (including phenoxy) is 2. The van der Waals surface area contributed by atoms with Crippen molar-refractivity contribution in [2.75, 3.05) is 19.6 Å². The van der Waals surface area contributed by atoms with Gasteiger partial charge in [-0.05, 0) is 117 Å². The van der Waals surface area contributed by atoms with Crippen LogP contribution in [0, 0.1) is 10.8 Å². The minimum atomic E-state index is -0.379. The van der Waals surface area contributed by atoms with Crippen LogP contribution in [0.2, 0.25) is 0 Å². The van der Waals surface area contributed by atoms with Crippen molar-refractivity contribution in [3.8, 4) is 0 Å². The van der Waals surface area contributed by atoms with E-state index in [4.69, 9.17) is 15.2 Å². The molecule has 3 aliphatic rings. The van der Waals surface area contributed by atoms with E-state index in [1.165, 1.54) is 37.7 Å². The second kappa shape index (κ2) is 18.2. The van der Waals surface area contributed by atoms with Gasteiger partial charge in [0, 0.05) is 25.2 Å². The first-order valence-corrected chi connectivity index (χ1v) is 17.6. The van der Waals surface area contributed by atoms with Crippen molar-refractivity contribution >= 4 is 18.0 Å². The van der Waals surface area contributed by atoms with Crippen LogP contribution < -0.4 is 16.4 Å². The zero-order valence-electron chi connectivity index (χ0n) is 29.8. The van der Waals surface area contributed by atoms with Crippen molar-refractivity contribution in [2.45, 2.75) is 149 Å². The highest BCUT2D eigenvalue weighted by molar-refractivity contribution is 5.81. The summed E-state index contributed by atoms with van der Waals surface area (Å²) in [4.78, 5) is 23.9. The number of rotatable bonds is 13. The molecule has 0 aromatic heterocycles. The molecule has 0 saturated heterocycles. The van der Waals surface area contributed by atoms with E-state index in [1.54, 1.807) is 0 Å². The van der Waals surface area contributed by atoms with Crippen molar-refractivity contribution in [1.29, 1.82) is 0 Å². The Morgan fingerprint density at radius 3 is 1.82 bits per heavy atom. The first kappa shape index (κ1) is 39.0. The number of esters is 2. The predicted molar refractivity (Wildman–Crippen MR) is 187 cm³/mol. The lowest BCUT2D eigenvalue weighted by atomic mass is 9.90.